The van der Waals surface area contributed by atoms with Crippen LogP contribution in [0, 0.1) is 0 Å². The smallest absolute Gasteiger partial charge is 0.238 e. The van der Waals surface area contributed by atoms with E-state index in [1.807, 2.05) is 24.3 Å². The molecule has 25 aromatic rings. The number of fused-ring (bicyclic) bond motifs is 30. The number of hydrogen-bond donors (Lipinski definition) is 0. The zero-order chi connectivity index (χ0) is 77.5. The van der Waals surface area contributed by atoms with Crippen LogP contribution in [0.4, 0.5) is 0 Å². The van der Waals surface area contributed by atoms with Gasteiger partial charge in [0.1, 0.15) is 5.82 Å². The van der Waals surface area contributed by atoms with Crippen molar-refractivity contribution in [3.05, 3.63) is 413 Å². The summed E-state index contributed by atoms with van der Waals surface area (Å²) < 4.78 is 9.64. The molecule has 0 N–H and O–H groups in total. The number of para-hydroxylation sites is 6. The molecule has 0 radical (unpaired) electrons. The van der Waals surface area contributed by atoms with E-state index in [0.717, 1.165) is 83.6 Å². The molecule has 6 aromatic heterocycles. The Morgan fingerprint density at radius 2 is 0.424 bits per heavy atom. The van der Waals surface area contributed by atoms with Gasteiger partial charge in [-0.15, -0.1) is 0 Å². The van der Waals surface area contributed by atoms with Gasteiger partial charge in [-0.2, -0.15) is 9.97 Å². The third kappa shape index (κ3) is 10.2. The summed E-state index contributed by atoms with van der Waals surface area (Å²) in [5.41, 5.74) is 20.0. The molecule has 6 heterocycles. The largest absolute Gasteiger partial charge is 0.309 e. The molecule has 0 fully saturated rings. The molecule has 0 unspecified atom stereocenters. The van der Waals surface area contributed by atoms with Crippen molar-refractivity contribution in [2.45, 2.75) is 0 Å². The first kappa shape index (κ1) is 66.7. The van der Waals surface area contributed by atoms with Crippen LogP contribution in [0.3, 0.4) is 0 Å². The van der Waals surface area contributed by atoms with Crippen molar-refractivity contribution in [2.75, 3.05) is 0 Å². The van der Waals surface area contributed by atoms with Crippen LogP contribution in [0.15, 0.2) is 413 Å². The van der Waals surface area contributed by atoms with Crippen LogP contribution in [0.1, 0.15) is 0 Å². The molecule has 8 nitrogen and oxygen atoms in total. The van der Waals surface area contributed by atoms with Crippen molar-refractivity contribution in [3.8, 4) is 79.4 Å². The Hall–Kier alpha value is -15.9. The van der Waals surface area contributed by atoms with E-state index in [1.54, 1.807) is 0 Å². The molecule has 0 spiro atoms. The van der Waals surface area contributed by atoms with Gasteiger partial charge in [0, 0.05) is 114 Å². The molecule has 0 aliphatic heterocycles. The Balaban J connectivity index is 0.000000135. The van der Waals surface area contributed by atoms with E-state index in [1.165, 1.54) is 130 Å². The number of nitrogens with zero attached hydrogens (tertiary/aromatic N) is 8. The van der Waals surface area contributed by atoms with Crippen molar-refractivity contribution in [3.63, 3.8) is 0 Å². The summed E-state index contributed by atoms with van der Waals surface area (Å²) >= 11 is 0. The third-order valence-electron chi connectivity index (χ3n) is 24.2. The highest BCUT2D eigenvalue weighted by Gasteiger charge is 2.30. The number of rotatable bonds is 9. The van der Waals surface area contributed by atoms with Gasteiger partial charge in [-0.25, -0.2) is 9.97 Å². The SMILES string of the molecule is c1ccc(-c2cc(-c3ccccc3)nc(-n3c4ccccc4c4c5c6ccccc6c6c(c7ccccc7n6-c6ccccc6)c5c5ccccc5c43)c2)cc1.c1ccc(-c2ccc(-c3nc(-c4ccccc4)nc(-n4c5ccccc5c5c6c7ccccc7c7c(c8ccccc8n7-c7ccccc7)c6c6ccccc6c54)n3)cc2)cc1. The highest BCUT2D eigenvalue weighted by molar-refractivity contribution is 6.47. The van der Waals surface area contributed by atoms with Crippen molar-refractivity contribution in [1.29, 1.82) is 0 Å². The number of benzene rings is 19. The van der Waals surface area contributed by atoms with Crippen molar-refractivity contribution < 1.29 is 0 Å². The summed E-state index contributed by atoms with van der Waals surface area (Å²) in [6.45, 7) is 0. The van der Waals surface area contributed by atoms with Crippen LogP contribution in [-0.2, 0) is 0 Å². The second-order valence-electron chi connectivity index (χ2n) is 30.6. The lowest BCUT2D eigenvalue weighted by molar-refractivity contribution is 0.955. The lowest BCUT2D eigenvalue weighted by Crippen LogP contribution is -2.06. The first-order valence-corrected chi connectivity index (χ1v) is 40.3. The minimum Gasteiger partial charge on any atom is -0.309 e. The van der Waals surface area contributed by atoms with E-state index in [4.69, 9.17) is 19.9 Å². The number of aromatic nitrogens is 8. The van der Waals surface area contributed by atoms with Gasteiger partial charge in [0.15, 0.2) is 11.6 Å². The second-order valence-corrected chi connectivity index (χ2v) is 30.6. The zero-order valence-electron chi connectivity index (χ0n) is 63.8. The molecule has 0 aliphatic carbocycles. The summed E-state index contributed by atoms with van der Waals surface area (Å²) in [6, 6.07) is 148. The summed E-state index contributed by atoms with van der Waals surface area (Å²) in [6.07, 6.45) is 0. The van der Waals surface area contributed by atoms with Gasteiger partial charge < -0.3 is 9.13 Å². The lowest BCUT2D eigenvalue weighted by atomic mass is 9.89. The standard InChI is InChI=1S/C57H35N5.C53H33N3/c1-4-18-36(19-5-1)37-32-34-39(35-33-37)56-58-55(38-20-6-2-7-21-38)59-57(60-56)62-48-31-17-15-29-46(48)52-50-41-24-10-12-26-43(41)53-51(49(50)42-25-11-13-27-44(42)54(52)62)45-28-14-16-30-47(45)61(53)40-22-8-3-9-23-40;1-4-18-34(19-5-1)36-32-44(35-20-6-2-7-21-35)54-47(33-36)56-46-31-17-15-29-43(46)51-49-38-24-10-12-26-40(38)52-50(48(49)39-25-11-13-27-41(39)53(51)56)42-28-14-16-30-45(42)55(52)37-22-8-3-9-23-37/h1-35H;1-33H. The minimum absolute atomic E-state index is 0.572. The molecule has 0 aliphatic rings. The Morgan fingerprint density at radius 1 is 0.161 bits per heavy atom. The van der Waals surface area contributed by atoms with Gasteiger partial charge >= 0.3 is 0 Å². The summed E-state index contributed by atoms with van der Waals surface area (Å²) in [4.78, 5) is 21.4. The quantitative estimate of drug-likeness (QED) is 0.135. The predicted molar refractivity (Wildman–Crippen MR) is 494 cm³/mol. The molecule has 0 saturated heterocycles. The fraction of sp³-hybridized carbons (Fsp3) is 0. The Bertz CT molecular complexity index is 8320. The molecule has 0 amide bonds. The molecule has 19 aromatic carbocycles. The molecule has 0 saturated carbocycles. The molecule has 0 bridgehead atoms. The fourth-order valence-corrected chi connectivity index (χ4v) is 19.3. The predicted octanol–water partition coefficient (Wildman–Crippen LogP) is 28.6. The number of hydrogen-bond acceptors (Lipinski definition) is 4. The molecule has 118 heavy (non-hydrogen) atoms. The molecule has 548 valence electrons. The van der Waals surface area contributed by atoms with Gasteiger partial charge in [0.2, 0.25) is 5.95 Å². The summed E-state index contributed by atoms with van der Waals surface area (Å²) in [5.74, 6) is 2.70. The van der Waals surface area contributed by atoms with E-state index < -0.39 is 0 Å². The van der Waals surface area contributed by atoms with Crippen LogP contribution in [0.25, 0.3) is 231 Å². The van der Waals surface area contributed by atoms with Crippen molar-refractivity contribution >= 4 is 152 Å². The van der Waals surface area contributed by atoms with Crippen LogP contribution in [0.5, 0.6) is 0 Å². The van der Waals surface area contributed by atoms with Crippen LogP contribution in [-0.4, -0.2) is 38.2 Å². The van der Waals surface area contributed by atoms with Crippen LogP contribution in [0.2, 0.25) is 0 Å². The van der Waals surface area contributed by atoms with Gasteiger partial charge in [0.05, 0.1) is 49.8 Å². The van der Waals surface area contributed by atoms with Crippen LogP contribution < -0.4 is 0 Å². The summed E-state index contributed by atoms with van der Waals surface area (Å²) in [5, 5.41) is 24.4. The van der Waals surface area contributed by atoms with Crippen LogP contribution >= 0.6 is 0 Å². The molecule has 25 rings (SSSR count). The highest BCUT2D eigenvalue weighted by Crippen LogP contribution is 2.54. The molecular weight excluding hydrogens is 1430 g/mol. The minimum atomic E-state index is 0.572. The maximum absolute atomic E-state index is 5.51. The van der Waals surface area contributed by atoms with Crippen molar-refractivity contribution in [1.82, 2.24) is 38.2 Å². The normalized spacial score (nSPS) is 11.9. The Labute approximate surface area is 677 Å². The maximum Gasteiger partial charge on any atom is 0.238 e. The van der Waals surface area contributed by atoms with Gasteiger partial charge in [-0.05, 0) is 104 Å². The fourth-order valence-electron chi connectivity index (χ4n) is 19.3. The van der Waals surface area contributed by atoms with Crippen molar-refractivity contribution in [2.24, 2.45) is 0 Å². The van der Waals surface area contributed by atoms with E-state index in [9.17, 15) is 0 Å². The van der Waals surface area contributed by atoms with E-state index >= 15 is 0 Å². The Morgan fingerprint density at radius 3 is 0.814 bits per heavy atom. The molecule has 8 heteroatoms. The average molecular weight is 1500 g/mol. The highest BCUT2D eigenvalue weighted by atomic mass is 15.2. The van der Waals surface area contributed by atoms with E-state index in [-0.39, 0.29) is 0 Å². The van der Waals surface area contributed by atoms with E-state index in [0.29, 0.717) is 17.6 Å². The first-order valence-electron chi connectivity index (χ1n) is 40.3. The first-order chi connectivity index (χ1) is 58.6. The Kier molecular flexibility index (Phi) is 15.2. The zero-order valence-corrected chi connectivity index (χ0v) is 63.8. The van der Waals surface area contributed by atoms with Gasteiger partial charge in [-0.3, -0.25) is 9.13 Å². The monoisotopic (exact) mass is 1500 g/mol. The molecule has 0 atom stereocenters. The topological polar surface area (TPSA) is 71.3 Å². The maximum atomic E-state index is 5.51. The van der Waals surface area contributed by atoms with Gasteiger partial charge in [-0.1, -0.05) is 352 Å². The molecular formula is C110H68N8. The average Bonchev–Trinajstić information content (AvgIpc) is 1.53. The van der Waals surface area contributed by atoms with E-state index in [2.05, 4.69) is 407 Å². The lowest BCUT2D eigenvalue weighted by Gasteiger charge is -2.17. The van der Waals surface area contributed by atoms with Gasteiger partial charge in [0.25, 0.3) is 0 Å². The second kappa shape index (κ2) is 26.9. The number of pyridine rings is 1. The third-order valence-corrected chi connectivity index (χ3v) is 24.2. The summed E-state index contributed by atoms with van der Waals surface area (Å²) in [7, 11) is 0.